The summed E-state index contributed by atoms with van der Waals surface area (Å²) in [7, 11) is 0. The summed E-state index contributed by atoms with van der Waals surface area (Å²) in [6, 6.07) is 11.8. The third-order valence-electron chi connectivity index (χ3n) is 3.55. The van der Waals surface area contributed by atoms with Crippen LogP contribution in [0.4, 0.5) is 5.69 Å². The minimum absolute atomic E-state index is 0.0473. The van der Waals surface area contributed by atoms with E-state index in [0.717, 1.165) is 0 Å². The number of nitro benzene ring substituents is 1. The molecule has 3 aromatic rings. The number of carbonyl (C=O) groups excluding carboxylic acids is 1. The maximum atomic E-state index is 12.4. The van der Waals surface area contributed by atoms with E-state index in [1.165, 1.54) is 6.07 Å². The molecule has 0 atom stereocenters. The zero-order valence-electron chi connectivity index (χ0n) is 12.4. The Balaban J connectivity index is 2.32. The molecule has 2 aromatic heterocycles. The van der Waals surface area contributed by atoms with Crippen molar-refractivity contribution >= 4 is 17.2 Å². The van der Waals surface area contributed by atoms with Crippen LogP contribution in [-0.4, -0.2) is 21.9 Å². The molecule has 116 valence electrons. The molecular weight excluding hydrogens is 296 g/mol. The molecule has 23 heavy (non-hydrogen) atoms. The molecule has 0 fully saturated rings. The molecule has 0 saturated carbocycles. The van der Waals surface area contributed by atoms with Crippen molar-refractivity contribution in [3.05, 3.63) is 70.5 Å². The number of fused-ring (bicyclic) bond motifs is 1. The van der Waals surface area contributed by atoms with Crippen LogP contribution in [0.2, 0.25) is 0 Å². The molecule has 6 nitrogen and oxygen atoms in total. The Morgan fingerprint density at radius 1 is 1.17 bits per heavy atom. The lowest BCUT2D eigenvalue weighted by Gasteiger charge is -2.05. The maximum absolute atomic E-state index is 12.4. The number of hydrogen-bond donors (Lipinski definition) is 0. The normalized spacial score (nSPS) is 10.7. The van der Waals surface area contributed by atoms with Crippen molar-refractivity contribution in [1.82, 2.24) is 4.40 Å². The van der Waals surface area contributed by atoms with Gasteiger partial charge in [-0.1, -0.05) is 18.2 Å². The maximum Gasteiger partial charge on any atom is 0.340 e. The number of carbonyl (C=O) groups is 1. The third kappa shape index (κ3) is 2.55. The molecule has 0 aliphatic carbocycles. The van der Waals surface area contributed by atoms with Gasteiger partial charge in [0.25, 0.3) is 5.69 Å². The van der Waals surface area contributed by atoms with Gasteiger partial charge in [-0.25, -0.2) is 4.79 Å². The summed E-state index contributed by atoms with van der Waals surface area (Å²) >= 11 is 0. The fourth-order valence-electron chi connectivity index (χ4n) is 2.60. The zero-order chi connectivity index (χ0) is 16.4. The lowest BCUT2D eigenvalue weighted by molar-refractivity contribution is -0.384. The van der Waals surface area contributed by atoms with E-state index in [-0.39, 0.29) is 12.3 Å². The molecule has 0 unspecified atom stereocenters. The number of esters is 1. The monoisotopic (exact) mass is 310 g/mol. The van der Waals surface area contributed by atoms with Crippen LogP contribution in [0, 0.1) is 10.1 Å². The van der Waals surface area contributed by atoms with Gasteiger partial charge in [0.2, 0.25) is 0 Å². The number of aromatic nitrogens is 1. The van der Waals surface area contributed by atoms with Gasteiger partial charge < -0.3 is 9.14 Å². The molecule has 0 aliphatic rings. The molecule has 0 amide bonds. The summed E-state index contributed by atoms with van der Waals surface area (Å²) in [5.41, 5.74) is 1.82. The lowest BCUT2D eigenvalue weighted by atomic mass is 10.0. The van der Waals surface area contributed by atoms with Crippen molar-refractivity contribution in [1.29, 1.82) is 0 Å². The largest absolute Gasteiger partial charge is 0.462 e. The average molecular weight is 310 g/mol. The van der Waals surface area contributed by atoms with Crippen LogP contribution >= 0.6 is 0 Å². The van der Waals surface area contributed by atoms with E-state index in [9.17, 15) is 14.9 Å². The Labute approximate surface area is 132 Å². The van der Waals surface area contributed by atoms with Crippen LogP contribution in [0.1, 0.15) is 17.3 Å². The molecule has 2 heterocycles. The summed E-state index contributed by atoms with van der Waals surface area (Å²) in [5, 5.41) is 11.3. The summed E-state index contributed by atoms with van der Waals surface area (Å²) < 4.78 is 6.90. The van der Waals surface area contributed by atoms with Gasteiger partial charge in [0.05, 0.1) is 28.2 Å². The number of para-hydroxylation sites is 1. The second kappa shape index (κ2) is 5.92. The van der Waals surface area contributed by atoms with Crippen LogP contribution in [-0.2, 0) is 4.74 Å². The van der Waals surface area contributed by atoms with Crippen molar-refractivity contribution in [3.63, 3.8) is 0 Å². The molecule has 0 radical (unpaired) electrons. The van der Waals surface area contributed by atoms with Crippen LogP contribution in [0.3, 0.4) is 0 Å². The predicted molar refractivity (Wildman–Crippen MR) is 85.4 cm³/mol. The number of benzene rings is 1. The van der Waals surface area contributed by atoms with Crippen molar-refractivity contribution < 1.29 is 14.5 Å². The quantitative estimate of drug-likeness (QED) is 0.418. The van der Waals surface area contributed by atoms with Gasteiger partial charge in [0.1, 0.15) is 0 Å². The van der Waals surface area contributed by atoms with E-state index >= 15 is 0 Å². The first-order chi connectivity index (χ1) is 11.1. The number of nitrogens with zero attached hydrogens (tertiary/aromatic N) is 2. The number of nitro groups is 1. The summed E-state index contributed by atoms with van der Waals surface area (Å²) in [5.74, 6) is -0.491. The fourth-order valence-corrected chi connectivity index (χ4v) is 2.60. The molecule has 0 spiro atoms. The molecule has 0 saturated heterocycles. The summed E-state index contributed by atoms with van der Waals surface area (Å²) in [4.78, 5) is 23.2. The van der Waals surface area contributed by atoms with Crippen LogP contribution in [0.25, 0.3) is 16.6 Å². The first-order valence-corrected chi connectivity index (χ1v) is 7.14. The summed E-state index contributed by atoms with van der Waals surface area (Å²) in [6.45, 7) is 1.96. The van der Waals surface area contributed by atoms with Gasteiger partial charge in [0.15, 0.2) is 0 Å². The molecule has 6 heteroatoms. The summed E-state index contributed by atoms with van der Waals surface area (Å²) in [6.07, 6.45) is 3.50. The first kappa shape index (κ1) is 14.8. The highest BCUT2D eigenvalue weighted by Crippen LogP contribution is 2.35. The van der Waals surface area contributed by atoms with E-state index in [4.69, 9.17) is 4.74 Å². The van der Waals surface area contributed by atoms with E-state index in [1.807, 2.05) is 6.07 Å². The number of rotatable bonds is 4. The molecule has 1 aromatic carbocycles. The standard InChI is InChI=1S/C17H14N2O4/c1-2-23-17(20)16-13(11-18-10-6-5-9-15(16)18)12-7-3-4-8-14(12)19(21)22/h3-11H,2H2,1H3. The van der Waals surface area contributed by atoms with Crippen molar-refractivity contribution in [2.75, 3.05) is 6.61 Å². The van der Waals surface area contributed by atoms with Crippen molar-refractivity contribution in [2.45, 2.75) is 6.92 Å². The minimum atomic E-state index is -0.491. The lowest BCUT2D eigenvalue weighted by Crippen LogP contribution is -2.06. The number of pyridine rings is 1. The first-order valence-electron chi connectivity index (χ1n) is 7.14. The Hall–Kier alpha value is -3.15. The molecule has 3 rings (SSSR count). The van der Waals surface area contributed by atoms with Crippen LogP contribution in [0.5, 0.6) is 0 Å². The smallest absolute Gasteiger partial charge is 0.340 e. The van der Waals surface area contributed by atoms with E-state index in [0.29, 0.717) is 22.2 Å². The Kier molecular flexibility index (Phi) is 3.80. The van der Waals surface area contributed by atoms with Gasteiger partial charge >= 0.3 is 5.97 Å². The zero-order valence-corrected chi connectivity index (χ0v) is 12.4. The second-order valence-corrected chi connectivity index (χ2v) is 4.91. The van der Waals surface area contributed by atoms with Gasteiger partial charge in [-0.3, -0.25) is 10.1 Å². The topological polar surface area (TPSA) is 73.8 Å². The minimum Gasteiger partial charge on any atom is -0.462 e. The number of hydrogen-bond acceptors (Lipinski definition) is 4. The highest BCUT2D eigenvalue weighted by atomic mass is 16.6. The Morgan fingerprint density at radius 3 is 2.65 bits per heavy atom. The Morgan fingerprint density at radius 2 is 1.91 bits per heavy atom. The second-order valence-electron chi connectivity index (χ2n) is 4.91. The Bertz CT molecular complexity index is 898. The molecular formula is C17H14N2O4. The third-order valence-corrected chi connectivity index (χ3v) is 3.55. The molecule has 0 N–H and O–H groups in total. The van der Waals surface area contributed by atoms with E-state index < -0.39 is 10.9 Å². The van der Waals surface area contributed by atoms with Gasteiger partial charge in [-0.15, -0.1) is 0 Å². The van der Waals surface area contributed by atoms with E-state index in [1.54, 1.807) is 54.0 Å². The molecule has 0 bridgehead atoms. The van der Waals surface area contributed by atoms with Crippen LogP contribution in [0.15, 0.2) is 54.9 Å². The van der Waals surface area contributed by atoms with E-state index in [2.05, 4.69) is 0 Å². The van der Waals surface area contributed by atoms with Gasteiger partial charge in [-0.05, 0) is 25.1 Å². The highest BCUT2D eigenvalue weighted by Gasteiger charge is 2.24. The van der Waals surface area contributed by atoms with Crippen LogP contribution < -0.4 is 0 Å². The van der Waals surface area contributed by atoms with Crippen molar-refractivity contribution in [2.24, 2.45) is 0 Å². The molecule has 0 aliphatic heterocycles. The van der Waals surface area contributed by atoms with Crippen molar-refractivity contribution in [3.8, 4) is 11.1 Å². The van der Waals surface area contributed by atoms with Gasteiger partial charge in [0, 0.05) is 24.0 Å². The average Bonchev–Trinajstić information content (AvgIpc) is 2.94. The SMILES string of the molecule is CCOC(=O)c1c(-c2ccccc2[N+](=O)[O-])cn2ccccc12. The predicted octanol–water partition coefficient (Wildman–Crippen LogP) is 3.69. The van der Waals surface area contributed by atoms with Gasteiger partial charge in [-0.2, -0.15) is 0 Å². The fraction of sp³-hybridized carbons (Fsp3) is 0.118. The number of ether oxygens (including phenoxy) is 1. The highest BCUT2D eigenvalue weighted by molar-refractivity contribution is 6.05.